The molecule has 4 N–H and O–H groups in total. The van der Waals surface area contributed by atoms with Gasteiger partial charge in [0.25, 0.3) is 0 Å². The Bertz CT molecular complexity index is 224. The van der Waals surface area contributed by atoms with Crippen LogP contribution in [0.15, 0.2) is 0 Å². The third-order valence-electron chi connectivity index (χ3n) is 3.41. The maximum Gasteiger partial charge on any atom is 0.466 e. The molecule has 5 nitrogen and oxygen atoms in total. The molecule has 0 aliphatic carbocycles. The second-order valence-corrected chi connectivity index (χ2v) is 6.83. The van der Waals surface area contributed by atoms with Gasteiger partial charge in [-0.3, -0.25) is 0 Å². The van der Waals surface area contributed by atoms with E-state index < -0.39 is 7.82 Å². The molecule has 0 aliphatic rings. The zero-order valence-electron chi connectivity index (χ0n) is 14.6. The van der Waals surface area contributed by atoms with Gasteiger partial charge in [0.2, 0.25) is 0 Å². The first-order valence-corrected chi connectivity index (χ1v) is 10.5. The van der Waals surface area contributed by atoms with Gasteiger partial charge in [0, 0.05) is 0 Å². The van der Waals surface area contributed by atoms with Crippen molar-refractivity contribution in [3.63, 3.8) is 0 Å². The second kappa shape index (κ2) is 19.1. The van der Waals surface area contributed by atoms with Crippen LogP contribution in [0.2, 0.25) is 0 Å². The molecule has 0 aromatic carbocycles. The van der Waals surface area contributed by atoms with E-state index in [4.69, 9.17) is 19.2 Å². The number of nitrogens with one attached hydrogen (secondary N) is 1. The summed E-state index contributed by atoms with van der Waals surface area (Å²) in [6, 6.07) is 0. The SMILES string of the molecule is CCCCCCCCNCCCCCCCC.O=P(O)(O)O. The Hall–Kier alpha value is 0.0700. The summed E-state index contributed by atoms with van der Waals surface area (Å²) in [7, 11) is -4.64. The summed E-state index contributed by atoms with van der Waals surface area (Å²) in [6.45, 7) is 7.03. The number of unbranched alkanes of at least 4 members (excludes halogenated alkanes) is 10. The predicted molar refractivity (Wildman–Crippen MR) is 93.9 cm³/mol. The van der Waals surface area contributed by atoms with E-state index in [1.54, 1.807) is 0 Å². The lowest BCUT2D eigenvalue weighted by Crippen LogP contribution is -2.16. The van der Waals surface area contributed by atoms with Crippen LogP contribution in [0.5, 0.6) is 0 Å². The highest BCUT2D eigenvalue weighted by atomic mass is 31.2. The van der Waals surface area contributed by atoms with Crippen molar-refractivity contribution < 1.29 is 19.2 Å². The molecule has 0 aliphatic heterocycles. The summed E-state index contributed by atoms with van der Waals surface area (Å²) >= 11 is 0. The largest absolute Gasteiger partial charge is 0.466 e. The fourth-order valence-corrected chi connectivity index (χ4v) is 2.19. The van der Waals surface area contributed by atoms with Crippen molar-refractivity contribution in [2.24, 2.45) is 0 Å². The molecule has 0 atom stereocenters. The van der Waals surface area contributed by atoms with Gasteiger partial charge in [-0.1, -0.05) is 78.1 Å². The van der Waals surface area contributed by atoms with Gasteiger partial charge in [-0.2, -0.15) is 0 Å². The average molecular weight is 339 g/mol. The molecule has 0 bridgehead atoms. The number of hydrogen-bond donors (Lipinski definition) is 4. The van der Waals surface area contributed by atoms with Crippen LogP contribution in [-0.4, -0.2) is 27.8 Å². The average Bonchev–Trinajstić information content (AvgIpc) is 2.42. The molecule has 0 rings (SSSR count). The zero-order valence-corrected chi connectivity index (χ0v) is 15.5. The molecule has 0 unspecified atom stereocenters. The van der Waals surface area contributed by atoms with E-state index in [1.807, 2.05) is 0 Å². The van der Waals surface area contributed by atoms with Gasteiger partial charge in [0.05, 0.1) is 0 Å². The Morgan fingerprint density at radius 1 is 0.636 bits per heavy atom. The molecular weight excluding hydrogens is 301 g/mol. The maximum atomic E-state index is 8.88. The van der Waals surface area contributed by atoms with Crippen LogP contribution >= 0.6 is 7.82 Å². The fourth-order valence-electron chi connectivity index (χ4n) is 2.19. The molecule has 22 heavy (non-hydrogen) atoms. The highest BCUT2D eigenvalue weighted by molar-refractivity contribution is 7.45. The van der Waals surface area contributed by atoms with Crippen molar-refractivity contribution in [2.75, 3.05) is 13.1 Å². The van der Waals surface area contributed by atoms with Crippen LogP contribution < -0.4 is 5.32 Å². The standard InChI is InChI=1S/C16H35N.H3O4P/c1-3-5-7-9-11-13-15-17-16-14-12-10-8-6-4-2;1-5(2,3)4/h17H,3-16H2,1-2H3;(H3,1,2,3,4). The zero-order chi connectivity index (χ0) is 17.1. The molecule has 0 spiro atoms. The van der Waals surface area contributed by atoms with Crippen molar-refractivity contribution in [1.82, 2.24) is 5.32 Å². The molecule has 136 valence electrons. The first-order valence-electron chi connectivity index (χ1n) is 8.90. The van der Waals surface area contributed by atoms with Crippen molar-refractivity contribution >= 4 is 7.82 Å². The van der Waals surface area contributed by atoms with Crippen molar-refractivity contribution in [2.45, 2.75) is 90.9 Å². The Balaban J connectivity index is 0. The van der Waals surface area contributed by atoms with E-state index >= 15 is 0 Å². The van der Waals surface area contributed by atoms with E-state index in [0.29, 0.717) is 0 Å². The lowest BCUT2D eigenvalue weighted by molar-refractivity contribution is 0.275. The van der Waals surface area contributed by atoms with Crippen LogP contribution in [0, 0.1) is 0 Å². The minimum Gasteiger partial charge on any atom is -0.317 e. The monoisotopic (exact) mass is 339 g/mol. The van der Waals surface area contributed by atoms with Gasteiger partial charge in [-0.05, 0) is 25.9 Å². The Kier molecular flexibility index (Phi) is 21.1. The Morgan fingerprint density at radius 3 is 1.23 bits per heavy atom. The van der Waals surface area contributed by atoms with Gasteiger partial charge >= 0.3 is 7.82 Å². The molecule has 0 amide bonds. The minimum absolute atomic E-state index is 1.24. The first-order chi connectivity index (χ1) is 10.4. The van der Waals surface area contributed by atoms with Crippen LogP contribution in [0.4, 0.5) is 0 Å². The summed E-state index contributed by atoms with van der Waals surface area (Å²) in [6.07, 6.45) is 16.9. The highest BCUT2D eigenvalue weighted by Crippen LogP contribution is 2.25. The minimum atomic E-state index is -4.64. The number of phosphoric acid groups is 1. The Morgan fingerprint density at radius 2 is 0.909 bits per heavy atom. The number of rotatable bonds is 14. The molecular formula is C16H38NO4P. The number of hydrogen-bond acceptors (Lipinski definition) is 2. The first kappa shape index (κ1) is 24.3. The smallest absolute Gasteiger partial charge is 0.317 e. The van der Waals surface area contributed by atoms with Crippen molar-refractivity contribution in [3.8, 4) is 0 Å². The maximum absolute atomic E-state index is 8.88. The third kappa shape index (κ3) is 36.9. The molecule has 0 saturated carbocycles. The molecule has 6 heteroatoms. The molecule has 0 radical (unpaired) electrons. The summed E-state index contributed by atoms with van der Waals surface area (Å²) in [5.74, 6) is 0. The van der Waals surface area contributed by atoms with Crippen LogP contribution in [0.25, 0.3) is 0 Å². The van der Waals surface area contributed by atoms with Crippen LogP contribution in [0.1, 0.15) is 90.9 Å². The predicted octanol–water partition coefficient (Wildman–Crippen LogP) is 4.37. The summed E-state index contributed by atoms with van der Waals surface area (Å²) in [5, 5.41) is 3.57. The quantitative estimate of drug-likeness (QED) is 0.279. The van der Waals surface area contributed by atoms with E-state index in [2.05, 4.69) is 19.2 Å². The van der Waals surface area contributed by atoms with Gasteiger partial charge < -0.3 is 20.0 Å². The normalized spacial score (nSPS) is 11.1. The molecule has 0 saturated heterocycles. The summed E-state index contributed by atoms with van der Waals surface area (Å²) < 4.78 is 8.88. The van der Waals surface area contributed by atoms with E-state index in [1.165, 1.54) is 90.1 Å². The molecule has 0 aromatic rings. The molecule has 0 aromatic heterocycles. The van der Waals surface area contributed by atoms with Gasteiger partial charge in [-0.15, -0.1) is 0 Å². The van der Waals surface area contributed by atoms with E-state index in [9.17, 15) is 0 Å². The van der Waals surface area contributed by atoms with Crippen molar-refractivity contribution in [3.05, 3.63) is 0 Å². The van der Waals surface area contributed by atoms with Gasteiger partial charge in [-0.25, -0.2) is 4.57 Å². The second-order valence-electron chi connectivity index (χ2n) is 5.80. The lowest BCUT2D eigenvalue weighted by Gasteiger charge is -2.04. The van der Waals surface area contributed by atoms with E-state index in [-0.39, 0.29) is 0 Å². The molecule has 0 fully saturated rings. The topological polar surface area (TPSA) is 89.8 Å². The lowest BCUT2D eigenvalue weighted by atomic mass is 10.1. The summed E-state index contributed by atoms with van der Waals surface area (Å²) in [4.78, 5) is 21.6. The highest BCUT2D eigenvalue weighted by Gasteiger charge is 2.00. The third-order valence-corrected chi connectivity index (χ3v) is 3.41. The van der Waals surface area contributed by atoms with Crippen molar-refractivity contribution in [1.29, 1.82) is 0 Å². The summed E-state index contributed by atoms with van der Waals surface area (Å²) in [5.41, 5.74) is 0. The van der Waals surface area contributed by atoms with Gasteiger partial charge in [0.1, 0.15) is 0 Å². The van der Waals surface area contributed by atoms with E-state index in [0.717, 1.165) is 0 Å². The fraction of sp³-hybridized carbons (Fsp3) is 1.00. The molecule has 0 heterocycles. The van der Waals surface area contributed by atoms with Gasteiger partial charge in [0.15, 0.2) is 0 Å². The Labute approximate surface area is 137 Å². The van der Waals surface area contributed by atoms with Crippen LogP contribution in [0.3, 0.4) is 0 Å². The van der Waals surface area contributed by atoms with Crippen LogP contribution in [-0.2, 0) is 4.57 Å².